The van der Waals surface area contributed by atoms with Gasteiger partial charge in [-0.1, -0.05) is 49.7 Å². The van der Waals surface area contributed by atoms with E-state index >= 15 is 0 Å². The number of aliphatic carboxylic acids is 1. The van der Waals surface area contributed by atoms with E-state index in [-0.39, 0.29) is 0 Å². The Bertz CT molecular complexity index is 250. The maximum Gasteiger partial charge on any atom is 0.323 e. The molecule has 1 rings (SSSR count). The summed E-state index contributed by atoms with van der Waals surface area (Å²) in [7, 11) is 0. The molecule has 2 unspecified atom stereocenters. The van der Waals surface area contributed by atoms with Gasteiger partial charge in [-0.2, -0.15) is 0 Å². The van der Waals surface area contributed by atoms with Crippen molar-refractivity contribution >= 4 is 5.97 Å². The van der Waals surface area contributed by atoms with Crippen LogP contribution in [0.15, 0.2) is 36.4 Å². The number of aliphatic hydroxyl groups is 1. The summed E-state index contributed by atoms with van der Waals surface area (Å²) in [4.78, 5) is 10.1. The van der Waals surface area contributed by atoms with Gasteiger partial charge in [-0.25, -0.2) is 0 Å². The van der Waals surface area contributed by atoms with Crippen molar-refractivity contribution in [1.29, 1.82) is 0 Å². The van der Waals surface area contributed by atoms with Gasteiger partial charge in [0.05, 0.1) is 6.10 Å². The van der Waals surface area contributed by atoms with E-state index in [9.17, 15) is 4.79 Å². The average Bonchev–Trinajstić information content (AvgIpc) is 2.31. The van der Waals surface area contributed by atoms with Crippen LogP contribution >= 0.6 is 0 Å². The van der Waals surface area contributed by atoms with E-state index in [4.69, 9.17) is 15.9 Å². The maximum atomic E-state index is 10.1. The third-order valence-corrected chi connectivity index (χ3v) is 1.95. The van der Waals surface area contributed by atoms with E-state index in [1.165, 1.54) is 0 Å². The second-order valence-corrected chi connectivity index (χ2v) is 3.37. The molecule has 4 heteroatoms. The molecule has 0 aliphatic rings. The fourth-order valence-corrected chi connectivity index (χ4v) is 1.02. The highest BCUT2D eigenvalue weighted by Crippen LogP contribution is 1.99. The van der Waals surface area contributed by atoms with E-state index in [2.05, 4.69) is 0 Å². The Morgan fingerprint density at radius 2 is 1.56 bits per heavy atom. The van der Waals surface area contributed by atoms with Crippen molar-refractivity contribution < 1.29 is 15.0 Å². The second-order valence-electron chi connectivity index (χ2n) is 3.37. The minimum atomic E-state index is -1.15. The Balaban J connectivity index is 0.000000315. The van der Waals surface area contributed by atoms with Crippen LogP contribution in [0, 0.1) is 0 Å². The first-order chi connectivity index (χ1) is 7.59. The molecule has 90 valence electrons. The summed E-state index contributed by atoms with van der Waals surface area (Å²) in [5.41, 5.74) is 5.10. The fourth-order valence-electron chi connectivity index (χ4n) is 1.02. The van der Waals surface area contributed by atoms with Crippen molar-refractivity contribution in [2.45, 2.75) is 31.9 Å². The zero-order valence-corrected chi connectivity index (χ0v) is 9.41. The molecule has 1 aromatic carbocycles. The molecule has 0 aliphatic heterocycles. The molecule has 0 saturated heterocycles. The molecule has 0 aromatic heterocycles. The first kappa shape index (κ1) is 14.6. The Morgan fingerprint density at radius 3 is 1.81 bits per heavy atom. The largest absolute Gasteiger partial charge is 0.480 e. The van der Waals surface area contributed by atoms with Crippen LogP contribution in [0.25, 0.3) is 0 Å². The molecular formula is C12H19NO3. The van der Waals surface area contributed by atoms with Gasteiger partial charge in [-0.05, 0) is 6.42 Å². The highest BCUT2D eigenvalue weighted by molar-refractivity contribution is 5.73. The van der Waals surface area contributed by atoms with Crippen LogP contribution < -0.4 is 5.73 Å². The van der Waals surface area contributed by atoms with Gasteiger partial charge in [-0.3, -0.25) is 4.79 Å². The molecule has 0 fully saturated rings. The van der Waals surface area contributed by atoms with E-state index in [0.717, 1.165) is 6.42 Å². The van der Waals surface area contributed by atoms with Gasteiger partial charge in [0.15, 0.2) is 0 Å². The second kappa shape index (κ2) is 8.88. The van der Waals surface area contributed by atoms with E-state index < -0.39 is 18.1 Å². The lowest BCUT2D eigenvalue weighted by Gasteiger charge is -2.12. The predicted molar refractivity (Wildman–Crippen MR) is 63.0 cm³/mol. The lowest BCUT2D eigenvalue weighted by molar-refractivity contribution is -0.141. The minimum absolute atomic E-state index is 0.438. The van der Waals surface area contributed by atoms with Crippen LogP contribution in [0.4, 0.5) is 0 Å². The molecule has 4 nitrogen and oxygen atoms in total. The molecule has 0 saturated carbocycles. The van der Waals surface area contributed by atoms with Crippen molar-refractivity contribution in [1.82, 2.24) is 0 Å². The van der Waals surface area contributed by atoms with Crippen molar-refractivity contribution in [3.05, 3.63) is 36.4 Å². The summed E-state index contributed by atoms with van der Waals surface area (Å²) >= 11 is 0. The van der Waals surface area contributed by atoms with Gasteiger partial charge in [0.2, 0.25) is 0 Å². The number of hydrogen-bond acceptors (Lipinski definition) is 3. The first-order valence-electron chi connectivity index (χ1n) is 5.26. The van der Waals surface area contributed by atoms with Gasteiger partial charge in [0, 0.05) is 0 Å². The van der Waals surface area contributed by atoms with Crippen LogP contribution in [0.2, 0.25) is 0 Å². The Hall–Kier alpha value is -1.39. The number of benzene rings is 1. The summed E-state index contributed by atoms with van der Waals surface area (Å²) in [6, 6.07) is 10.9. The van der Waals surface area contributed by atoms with E-state index in [0.29, 0.717) is 6.42 Å². The predicted octanol–water partition coefficient (Wildman–Crippen LogP) is 1.25. The Kier molecular flexibility index (Phi) is 8.11. The molecule has 0 amide bonds. The smallest absolute Gasteiger partial charge is 0.323 e. The number of carboxylic acid groups (broad SMARTS) is 1. The quantitative estimate of drug-likeness (QED) is 0.720. The summed E-state index contributed by atoms with van der Waals surface area (Å²) in [6.07, 6.45) is 0.262. The number of rotatable bonds is 4. The zero-order valence-electron chi connectivity index (χ0n) is 9.41. The SMILES string of the molecule is CCCC(O)C(N)C(=O)O.c1ccccc1. The molecule has 0 heterocycles. The van der Waals surface area contributed by atoms with Crippen LogP contribution in [-0.4, -0.2) is 28.3 Å². The molecule has 1 aromatic rings. The molecule has 4 N–H and O–H groups in total. The van der Waals surface area contributed by atoms with Crippen molar-refractivity contribution in [2.24, 2.45) is 5.73 Å². The highest BCUT2D eigenvalue weighted by atomic mass is 16.4. The molecule has 0 radical (unpaired) electrons. The molecule has 16 heavy (non-hydrogen) atoms. The molecular weight excluding hydrogens is 206 g/mol. The monoisotopic (exact) mass is 225 g/mol. The minimum Gasteiger partial charge on any atom is -0.480 e. The Labute approximate surface area is 95.7 Å². The van der Waals surface area contributed by atoms with Crippen LogP contribution in [0.5, 0.6) is 0 Å². The van der Waals surface area contributed by atoms with Crippen LogP contribution in [-0.2, 0) is 4.79 Å². The third-order valence-electron chi connectivity index (χ3n) is 1.95. The van der Waals surface area contributed by atoms with E-state index in [1.54, 1.807) is 0 Å². The van der Waals surface area contributed by atoms with Crippen molar-refractivity contribution in [3.8, 4) is 0 Å². The fraction of sp³-hybridized carbons (Fsp3) is 0.417. The van der Waals surface area contributed by atoms with E-state index in [1.807, 2.05) is 43.3 Å². The van der Waals surface area contributed by atoms with Gasteiger partial charge in [-0.15, -0.1) is 0 Å². The molecule has 0 bridgehead atoms. The maximum absolute atomic E-state index is 10.1. The summed E-state index contributed by atoms with van der Waals surface area (Å²) in [5.74, 6) is -1.15. The Morgan fingerprint density at radius 1 is 1.19 bits per heavy atom. The average molecular weight is 225 g/mol. The van der Waals surface area contributed by atoms with Crippen molar-refractivity contribution in [3.63, 3.8) is 0 Å². The number of carboxylic acids is 1. The topological polar surface area (TPSA) is 83.5 Å². The van der Waals surface area contributed by atoms with Gasteiger partial charge >= 0.3 is 5.97 Å². The number of carbonyl (C=O) groups is 1. The number of nitrogens with two attached hydrogens (primary N) is 1. The summed E-state index contributed by atoms with van der Waals surface area (Å²) in [6.45, 7) is 1.86. The number of aliphatic hydroxyl groups excluding tert-OH is 1. The normalized spacial score (nSPS) is 13.2. The zero-order chi connectivity index (χ0) is 12.4. The van der Waals surface area contributed by atoms with Crippen LogP contribution in [0.1, 0.15) is 19.8 Å². The summed E-state index contributed by atoms with van der Waals surface area (Å²) < 4.78 is 0. The lowest BCUT2D eigenvalue weighted by atomic mass is 10.1. The third kappa shape index (κ3) is 6.98. The molecule has 2 atom stereocenters. The van der Waals surface area contributed by atoms with Gasteiger partial charge in [0.25, 0.3) is 0 Å². The molecule has 0 aliphatic carbocycles. The van der Waals surface area contributed by atoms with Gasteiger partial charge in [0.1, 0.15) is 6.04 Å². The standard InChI is InChI=1S/C6H13NO3.C6H6/c1-2-3-4(8)5(7)6(9)10;1-2-4-6-5-3-1/h4-5,8H,2-3,7H2,1H3,(H,9,10);1-6H. The number of hydrogen-bond donors (Lipinski definition) is 3. The lowest BCUT2D eigenvalue weighted by Crippen LogP contribution is -2.41. The molecule has 0 spiro atoms. The van der Waals surface area contributed by atoms with Gasteiger partial charge < -0.3 is 15.9 Å². The van der Waals surface area contributed by atoms with Crippen molar-refractivity contribution in [2.75, 3.05) is 0 Å². The highest BCUT2D eigenvalue weighted by Gasteiger charge is 2.20. The summed E-state index contributed by atoms with van der Waals surface area (Å²) in [5, 5.41) is 17.3. The first-order valence-corrected chi connectivity index (χ1v) is 5.26. The van der Waals surface area contributed by atoms with Crippen LogP contribution in [0.3, 0.4) is 0 Å².